The molecule has 3 heteroatoms. The quantitative estimate of drug-likeness (QED) is 0.832. The number of rotatable bonds is 4. The van der Waals surface area contributed by atoms with Crippen molar-refractivity contribution in [2.75, 3.05) is 46.4 Å². The molecule has 0 bridgehead atoms. The molecule has 1 saturated carbocycles. The van der Waals surface area contributed by atoms with Gasteiger partial charge in [-0.3, -0.25) is 0 Å². The van der Waals surface area contributed by atoms with E-state index in [0.717, 1.165) is 25.7 Å². The molecule has 1 aliphatic heterocycles. The van der Waals surface area contributed by atoms with Gasteiger partial charge in [0.2, 0.25) is 0 Å². The largest absolute Gasteiger partial charge is 0.380 e. The van der Waals surface area contributed by atoms with Gasteiger partial charge < -0.3 is 15.0 Å². The van der Waals surface area contributed by atoms with Gasteiger partial charge in [0, 0.05) is 32.8 Å². The molecule has 1 heterocycles. The Hall–Kier alpha value is -0.120. The van der Waals surface area contributed by atoms with Crippen molar-refractivity contribution in [3.63, 3.8) is 0 Å². The van der Waals surface area contributed by atoms with Crippen molar-refractivity contribution in [2.45, 2.75) is 39.0 Å². The van der Waals surface area contributed by atoms with Crippen LogP contribution in [0.5, 0.6) is 0 Å². The number of ether oxygens (including phenoxy) is 1. The topological polar surface area (TPSA) is 24.5 Å². The maximum atomic E-state index is 5.57. The van der Waals surface area contributed by atoms with Crippen LogP contribution in [-0.4, -0.2) is 51.3 Å². The fraction of sp³-hybridized carbons (Fsp3) is 1.00. The molecular weight excluding hydrogens is 224 g/mol. The van der Waals surface area contributed by atoms with Gasteiger partial charge >= 0.3 is 0 Å². The molecule has 2 aliphatic rings. The lowest BCUT2D eigenvalue weighted by molar-refractivity contribution is 0.0772. The second-order valence-corrected chi connectivity index (χ2v) is 6.47. The summed E-state index contributed by atoms with van der Waals surface area (Å²) in [5, 5.41) is 3.45. The van der Waals surface area contributed by atoms with Crippen LogP contribution in [0.3, 0.4) is 0 Å². The van der Waals surface area contributed by atoms with E-state index in [2.05, 4.69) is 24.2 Å². The van der Waals surface area contributed by atoms with E-state index in [9.17, 15) is 0 Å². The first-order chi connectivity index (χ1) is 8.74. The number of nitrogens with zero attached hydrogens (tertiary/aromatic N) is 1. The molecular formula is C15H30N2O. The highest BCUT2D eigenvalue weighted by Gasteiger charge is 2.35. The molecule has 106 valence electrons. The zero-order valence-corrected chi connectivity index (χ0v) is 12.2. The SMILES string of the molecule is CNCC1(CN2CCCOCC2)CCCC(C)C1. The van der Waals surface area contributed by atoms with Crippen molar-refractivity contribution < 1.29 is 4.74 Å². The summed E-state index contributed by atoms with van der Waals surface area (Å²) in [6, 6.07) is 0. The van der Waals surface area contributed by atoms with E-state index in [1.165, 1.54) is 51.7 Å². The van der Waals surface area contributed by atoms with Crippen LogP contribution in [0.2, 0.25) is 0 Å². The van der Waals surface area contributed by atoms with Gasteiger partial charge in [-0.15, -0.1) is 0 Å². The smallest absolute Gasteiger partial charge is 0.0593 e. The monoisotopic (exact) mass is 254 g/mol. The molecule has 2 fully saturated rings. The van der Waals surface area contributed by atoms with Crippen LogP contribution in [0.15, 0.2) is 0 Å². The Morgan fingerprint density at radius 1 is 1.28 bits per heavy atom. The molecule has 2 rings (SSSR count). The molecule has 2 unspecified atom stereocenters. The van der Waals surface area contributed by atoms with E-state index in [0.29, 0.717) is 5.41 Å². The summed E-state index contributed by atoms with van der Waals surface area (Å²) in [6.07, 6.45) is 6.83. The molecule has 0 aromatic rings. The molecule has 3 nitrogen and oxygen atoms in total. The van der Waals surface area contributed by atoms with E-state index in [1.54, 1.807) is 0 Å². The third-order valence-corrected chi connectivity index (χ3v) is 4.61. The van der Waals surface area contributed by atoms with Crippen molar-refractivity contribution in [2.24, 2.45) is 11.3 Å². The molecule has 2 atom stereocenters. The fourth-order valence-electron chi connectivity index (χ4n) is 3.93. The molecule has 0 aromatic heterocycles. The molecule has 0 spiro atoms. The average molecular weight is 254 g/mol. The predicted molar refractivity (Wildman–Crippen MR) is 75.9 cm³/mol. The third-order valence-electron chi connectivity index (χ3n) is 4.61. The van der Waals surface area contributed by atoms with Crippen molar-refractivity contribution in [1.29, 1.82) is 0 Å². The maximum Gasteiger partial charge on any atom is 0.0593 e. The van der Waals surface area contributed by atoms with Gasteiger partial charge in [-0.2, -0.15) is 0 Å². The molecule has 1 saturated heterocycles. The van der Waals surface area contributed by atoms with Crippen molar-refractivity contribution >= 4 is 0 Å². The second kappa shape index (κ2) is 6.88. The van der Waals surface area contributed by atoms with Gasteiger partial charge in [-0.25, -0.2) is 0 Å². The van der Waals surface area contributed by atoms with Crippen LogP contribution < -0.4 is 5.32 Å². The lowest BCUT2D eigenvalue weighted by Crippen LogP contribution is -2.46. The summed E-state index contributed by atoms with van der Waals surface area (Å²) in [5.74, 6) is 0.898. The summed E-state index contributed by atoms with van der Waals surface area (Å²) in [5.41, 5.74) is 0.511. The lowest BCUT2D eigenvalue weighted by Gasteiger charge is -2.43. The Morgan fingerprint density at radius 3 is 2.94 bits per heavy atom. The van der Waals surface area contributed by atoms with Gasteiger partial charge in [0.1, 0.15) is 0 Å². The Morgan fingerprint density at radius 2 is 2.17 bits per heavy atom. The van der Waals surface area contributed by atoms with Crippen molar-refractivity contribution in [1.82, 2.24) is 10.2 Å². The first-order valence-corrected chi connectivity index (χ1v) is 7.69. The van der Waals surface area contributed by atoms with Crippen LogP contribution >= 0.6 is 0 Å². The molecule has 0 amide bonds. The van der Waals surface area contributed by atoms with E-state index in [1.807, 2.05) is 0 Å². The highest BCUT2D eigenvalue weighted by molar-refractivity contribution is 4.89. The van der Waals surface area contributed by atoms with Crippen LogP contribution in [0, 0.1) is 11.3 Å². The molecule has 1 aliphatic carbocycles. The molecule has 0 radical (unpaired) electrons. The zero-order chi connectivity index (χ0) is 12.8. The minimum absolute atomic E-state index is 0.511. The van der Waals surface area contributed by atoms with Gasteiger partial charge in [0.25, 0.3) is 0 Å². The third kappa shape index (κ3) is 3.94. The van der Waals surface area contributed by atoms with Gasteiger partial charge in [0.15, 0.2) is 0 Å². The van der Waals surface area contributed by atoms with Crippen LogP contribution in [0.4, 0.5) is 0 Å². The first kappa shape index (κ1) is 14.3. The van der Waals surface area contributed by atoms with Gasteiger partial charge in [-0.05, 0) is 37.6 Å². The van der Waals surface area contributed by atoms with Crippen LogP contribution in [-0.2, 0) is 4.74 Å². The minimum Gasteiger partial charge on any atom is -0.380 e. The molecule has 0 aromatic carbocycles. The Kier molecular flexibility index (Phi) is 5.46. The maximum absolute atomic E-state index is 5.57. The average Bonchev–Trinajstić information content (AvgIpc) is 2.57. The predicted octanol–water partition coefficient (Wildman–Crippen LogP) is 2.12. The Bertz CT molecular complexity index is 235. The lowest BCUT2D eigenvalue weighted by atomic mass is 9.69. The fourth-order valence-corrected chi connectivity index (χ4v) is 3.93. The van der Waals surface area contributed by atoms with E-state index in [-0.39, 0.29) is 0 Å². The summed E-state index contributed by atoms with van der Waals surface area (Å²) < 4.78 is 5.57. The van der Waals surface area contributed by atoms with Crippen LogP contribution in [0.25, 0.3) is 0 Å². The highest BCUT2D eigenvalue weighted by Crippen LogP contribution is 2.39. The van der Waals surface area contributed by atoms with E-state index < -0.39 is 0 Å². The van der Waals surface area contributed by atoms with Crippen molar-refractivity contribution in [3.8, 4) is 0 Å². The van der Waals surface area contributed by atoms with Crippen molar-refractivity contribution in [3.05, 3.63) is 0 Å². The first-order valence-electron chi connectivity index (χ1n) is 7.69. The second-order valence-electron chi connectivity index (χ2n) is 6.47. The Labute approximate surface area is 112 Å². The number of hydrogen-bond donors (Lipinski definition) is 1. The minimum atomic E-state index is 0.511. The van der Waals surface area contributed by atoms with E-state index in [4.69, 9.17) is 4.74 Å². The van der Waals surface area contributed by atoms with Gasteiger partial charge in [-0.1, -0.05) is 19.8 Å². The Balaban J connectivity index is 1.95. The zero-order valence-electron chi connectivity index (χ0n) is 12.2. The normalized spacial score (nSPS) is 35.3. The number of nitrogens with one attached hydrogen (secondary N) is 1. The summed E-state index contributed by atoms with van der Waals surface area (Å²) in [4.78, 5) is 2.64. The summed E-state index contributed by atoms with van der Waals surface area (Å²) in [7, 11) is 2.10. The molecule has 18 heavy (non-hydrogen) atoms. The standard InChI is InChI=1S/C15H30N2O/c1-14-5-3-6-15(11-14,12-16-2)13-17-7-4-9-18-10-8-17/h14,16H,3-13H2,1-2H3. The molecule has 1 N–H and O–H groups in total. The highest BCUT2D eigenvalue weighted by atomic mass is 16.5. The van der Waals surface area contributed by atoms with Crippen LogP contribution in [0.1, 0.15) is 39.0 Å². The summed E-state index contributed by atoms with van der Waals surface area (Å²) in [6.45, 7) is 9.09. The van der Waals surface area contributed by atoms with E-state index >= 15 is 0 Å². The number of hydrogen-bond acceptors (Lipinski definition) is 3. The van der Waals surface area contributed by atoms with Gasteiger partial charge in [0.05, 0.1) is 6.61 Å². The summed E-state index contributed by atoms with van der Waals surface area (Å²) >= 11 is 0.